The van der Waals surface area contributed by atoms with Gasteiger partial charge in [-0.2, -0.15) is 0 Å². The number of amides is 2. The van der Waals surface area contributed by atoms with E-state index in [1.165, 1.54) is 0 Å². The summed E-state index contributed by atoms with van der Waals surface area (Å²) in [5.74, 6) is 0.0764. The van der Waals surface area contributed by atoms with Gasteiger partial charge in [-0.1, -0.05) is 12.1 Å². The summed E-state index contributed by atoms with van der Waals surface area (Å²) in [5.41, 5.74) is 1.59. The van der Waals surface area contributed by atoms with Crippen LogP contribution >= 0.6 is 0 Å². The summed E-state index contributed by atoms with van der Waals surface area (Å²) in [7, 11) is 0. The van der Waals surface area contributed by atoms with Crippen molar-refractivity contribution >= 4 is 11.8 Å². The predicted molar refractivity (Wildman–Crippen MR) is 84.3 cm³/mol. The van der Waals surface area contributed by atoms with E-state index in [0.717, 1.165) is 24.9 Å². The molecular weight excluding hydrogens is 280 g/mol. The molecule has 1 aromatic carbocycles. The smallest absolute Gasteiger partial charge is 0.251 e. The number of hydrogen-bond donors (Lipinski definition) is 2. The summed E-state index contributed by atoms with van der Waals surface area (Å²) in [6, 6.07) is 7.45. The monoisotopic (exact) mass is 304 g/mol. The van der Waals surface area contributed by atoms with E-state index < -0.39 is 0 Å². The normalized spacial score (nSPS) is 15.9. The predicted octanol–water partition coefficient (Wildman–Crippen LogP) is 1.70. The standard InChI is InChI=1S/C17H24N2O3/c1-13(5-4-10-20)18-17(22)15-7-2-6-14(11-15)12-19-9-3-8-16(19)21/h2,6-7,11,13,20H,3-5,8-10,12H2,1H3,(H,18,22). The number of hydrogen-bond acceptors (Lipinski definition) is 3. The van der Waals surface area contributed by atoms with Gasteiger partial charge < -0.3 is 15.3 Å². The quantitative estimate of drug-likeness (QED) is 0.805. The highest BCUT2D eigenvalue weighted by atomic mass is 16.3. The summed E-state index contributed by atoms with van der Waals surface area (Å²) < 4.78 is 0. The van der Waals surface area contributed by atoms with Gasteiger partial charge in [-0.05, 0) is 43.9 Å². The zero-order chi connectivity index (χ0) is 15.9. The van der Waals surface area contributed by atoms with Crippen LogP contribution in [0.5, 0.6) is 0 Å². The average molecular weight is 304 g/mol. The Hall–Kier alpha value is -1.88. The summed E-state index contributed by atoms with van der Waals surface area (Å²) in [6.07, 6.45) is 2.98. The van der Waals surface area contributed by atoms with Gasteiger partial charge in [0.05, 0.1) is 0 Å². The third-order valence-electron chi connectivity index (χ3n) is 3.91. The number of rotatable bonds is 7. The lowest BCUT2D eigenvalue weighted by molar-refractivity contribution is -0.128. The van der Waals surface area contributed by atoms with Crippen molar-refractivity contribution in [3.05, 3.63) is 35.4 Å². The van der Waals surface area contributed by atoms with Crippen LogP contribution in [0, 0.1) is 0 Å². The molecule has 1 heterocycles. The van der Waals surface area contributed by atoms with Crippen LogP contribution in [0.1, 0.15) is 48.5 Å². The first-order valence-corrected chi connectivity index (χ1v) is 7.88. The minimum atomic E-state index is -0.111. The van der Waals surface area contributed by atoms with Crippen molar-refractivity contribution in [1.29, 1.82) is 0 Å². The van der Waals surface area contributed by atoms with Crippen molar-refractivity contribution in [2.24, 2.45) is 0 Å². The largest absolute Gasteiger partial charge is 0.396 e. The zero-order valence-corrected chi connectivity index (χ0v) is 13.0. The molecular formula is C17H24N2O3. The van der Waals surface area contributed by atoms with E-state index in [1.54, 1.807) is 6.07 Å². The minimum Gasteiger partial charge on any atom is -0.396 e. The van der Waals surface area contributed by atoms with Crippen molar-refractivity contribution in [3.8, 4) is 0 Å². The van der Waals surface area contributed by atoms with E-state index in [2.05, 4.69) is 5.32 Å². The molecule has 120 valence electrons. The van der Waals surface area contributed by atoms with Crippen LogP contribution in [0.4, 0.5) is 0 Å². The van der Waals surface area contributed by atoms with Crippen molar-refractivity contribution in [1.82, 2.24) is 10.2 Å². The molecule has 5 nitrogen and oxygen atoms in total. The summed E-state index contributed by atoms with van der Waals surface area (Å²) >= 11 is 0. The van der Waals surface area contributed by atoms with Gasteiger partial charge in [-0.15, -0.1) is 0 Å². The molecule has 1 atom stereocenters. The van der Waals surface area contributed by atoms with E-state index in [4.69, 9.17) is 5.11 Å². The SMILES string of the molecule is CC(CCCO)NC(=O)c1cccc(CN2CCCC2=O)c1. The van der Waals surface area contributed by atoms with Crippen LogP contribution in [0.3, 0.4) is 0 Å². The van der Waals surface area contributed by atoms with Gasteiger partial charge in [-0.25, -0.2) is 0 Å². The van der Waals surface area contributed by atoms with E-state index in [9.17, 15) is 9.59 Å². The minimum absolute atomic E-state index is 0.0310. The number of nitrogens with one attached hydrogen (secondary N) is 1. The second-order valence-electron chi connectivity index (χ2n) is 5.86. The molecule has 2 N–H and O–H groups in total. The van der Waals surface area contributed by atoms with Gasteiger partial charge in [0.1, 0.15) is 0 Å². The molecule has 0 saturated carbocycles. The second kappa shape index (κ2) is 7.94. The van der Waals surface area contributed by atoms with Crippen LogP contribution in [-0.2, 0) is 11.3 Å². The van der Waals surface area contributed by atoms with E-state index >= 15 is 0 Å². The first-order valence-electron chi connectivity index (χ1n) is 7.88. The first kappa shape index (κ1) is 16.5. The van der Waals surface area contributed by atoms with Crippen LogP contribution in [0.15, 0.2) is 24.3 Å². The Labute approximate surface area is 131 Å². The van der Waals surface area contributed by atoms with Gasteiger partial charge in [-0.3, -0.25) is 9.59 Å². The van der Waals surface area contributed by atoms with Gasteiger partial charge >= 0.3 is 0 Å². The number of carbonyl (C=O) groups is 2. The molecule has 0 bridgehead atoms. The molecule has 0 radical (unpaired) electrons. The Morgan fingerprint density at radius 2 is 2.27 bits per heavy atom. The number of benzene rings is 1. The fourth-order valence-corrected chi connectivity index (χ4v) is 2.68. The van der Waals surface area contributed by atoms with E-state index in [0.29, 0.717) is 24.9 Å². The highest BCUT2D eigenvalue weighted by molar-refractivity contribution is 5.94. The zero-order valence-electron chi connectivity index (χ0n) is 13.0. The molecule has 0 spiro atoms. The molecule has 0 aromatic heterocycles. The maximum absolute atomic E-state index is 12.2. The van der Waals surface area contributed by atoms with E-state index in [1.807, 2.05) is 30.0 Å². The van der Waals surface area contributed by atoms with Gasteiger partial charge in [0, 0.05) is 37.7 Å². The summed E-state index contributed by atoms with van der Waals surface area (Å²) in [6.45, 7) is 3.44. The lowest BCUT2D eigenvalue weighted by Gasteiger charge is -2.17. The summed E-state index contributed by atoms with van der Waals surface area (Å²) in [5, 5.41) is 11.7. The highest BCUT2D eigenvalue weighted by Gasteiger charge is 2.20. The first-order chi connectivity index (χ1) is 10.6. The molecule has 5 heteroatoms. The highest BCUT2D eigenvalue weighted by Crippen LogP contribution is 2.15. The number of likely N-dealkylation sites (tertiary alicyclic amines) is 1. The maximum atomic E-state index is 12.2. The number of aliphatic hydroxyl groups excluding tert-OH is 1. The van der Waals surface area contributed by atoms with Crippen molar-refractivity contribution in [2.45, 2.75) is 45.2 Å². The van der Waals surface area contributed by atoms with Crippen LogP contribution in [0.2, 0.25) is 0 Å². The van der Waals surface area contributed by atoms with Crippen molar-refractivity contribution in [3.63, 3.8) is 0 Å². The molecule has 2 rings (SSSR count). The fourth-order valence-electron chi connectivity index (χ4n) is 2.68. The molecule has 2 amide bonds. The Kier molecular flexibility index (Phi) is 5.95. The number of carbonyl (C=O) groups excluding carboxylic acids is 2. The molecule has 1 aliphatic rings. The third-order valence-corrected chi connectivity index (χ3v) is 3.91. The second-order valence-corrected chi connectivity index (χ2v) is 5.86. The lowest BCUT2D eigenvalue weighted by Crippen LogP contribution is -2.32. The van der Waals surface area contributed by atoms with Gasteiger partial charge in [0.25, 0.3) is 5.91 Å². The lowest BCUT2D eigenvalue weighted by atomic mass is 10.1. The fraction of sp³-hybridized carbons (Fsp3) is 0.529. The molecule has 1 fully saturated rings. The van der Waals surface area contributed by atoms with Crippen molar-refractivity contribution < 1.29 is 14.7 Å². The van der Waals surface area contributed by atoms with Crippen LogP contribution < -0.4 is 5.32 Å². The van der Waals surface area contributed by atoms with E-state index in [-0.39, 0.29) is 24.5 Å². The Morgan fingerprint density at radius 3 is 2.95 bits per heavy atom. The van der Waals surface area contributed by atoms with Crippen molar-refractivity contribution in [2.75, 3.05) is 13.2 Å². The maximum Gasteiger partial charge on any atom is 0.251 e. The Morgan fingerprint density at radius 1 is 1.45 bits per heavy atom. The number of aliphatic hydroxyl groups is 1. The molecule has 1 unspecified atom stereocenters. The third kappa shape index (κ3) is 4.56. The average Bonchev–Trinajstić information content (AvgIpc) is 2.90. The van der Waals surface area contributed by atoms with Crippen LogP contribution in [-0.4, -0.2) is 41.0 Å². The Balaban J connectivity index is 1.95. The molecule has 1 aliphatic heterocycles. The molecule has 22 heavy (non-hydrogen) atoms. The molecule has 1 saturated heterocycles. The Bertz CT molecular complexity index is 530. The summed E-state index contributed by atoms with van der Waals surface area (Å²) in [4.78, 5) is 25.7. The van der Waals surface area contributed by atoms with Gasteiger partial charge in [0.15, 0.2) is 0 Å². The molecule has 0 aliphatic carbocycles. The molecule has 1 aromatic rings. The van der Waals surface area contributed by atoms with Gasteiger partial charge in [0.2, 0.25) is 5.91 Å². The topological polar surface area (TPSA) is 69.6 Å². The number of nitrogens with zero attached hydrogens (tertiary/aromatic N) is 1. The van der Waals surface area contributed by atoms with Crippen LogP contribution in [0.25, 0.3) is 0 Å².